The summed E-state index contributed by atoms with van der Waals surface area (Å²) in [4.78, 5) is 2.09. The molecular formula is C16H19ClN2. The van der Waals surface area contributed by atoms with Crippen LogP contribution in [0.2, 0.25) is 5.02 Å². The van der Waals surface area contributed by atoms with Crippen LogP contribution in [0.1, 0.15) is 17.2 Å². The van der Waals surface area contributed by atoms with E-state index in [0.717, 1.165) is 5.02 Å². The molecule has 2 rings (SSSR count). The van der Waals surface area contributed by atoms with Crippen molar-refractivity contribution >= 4 is 17.3 Å². The highest BCUT2D eigenvalue weighted by Gasteiger charge is 2.12. The standard InChI is InChI=1S/C16H19ClN2/c1-18-16(13-5-4-6-14(17)11-13)12-7-9-15(10-8-12)19(2)3/h4-11,16,18H,1-3H3. The number of hydrogen-bond acceptors (Lipinski definition) is 2. The number of nitrogens with one attached hydrogen (secondary N) is 1. The maximum Gasteiger partial charge on any atom is 0.0574 e. The number of halogens is 1. The van der Waals surface area contributed by atoms with Crippen LogP contribution in [0.15, 0.2) is 48.5 Å². The van der Waals surface area contributed by atoms with Gasteiger partial charge in [-0.1, -0.05) is 35.9 Å². The van der Waals surface area contributed by atoms with Gasteiger partial charge in [-0.25, -0.2) is 0 Å². The Labute approximate surface area is 120 Å². The van der Waals surface area contributed by atoms with E-state index in [9.17, 15) is 0 Å². The maximum absolute atomic E-state index is 6.07. The Morgan fingerprint density at radius 3 is 2.21 bits per heavy atom. The van der Waals surface area contributed by atoms with Crippen LogP contribution in [0.25, 0.3) is 0 Å². The quantitative estimate of drug-likeness (QED) is 0.914. The van der Waals surface area contributed by atoms with Crippen LogP contribution in [0.4, 0.5) is 5.69 Å². The van der Waals surface area contributed by atoms with Crippen molar-refractivity contribution in [2.24, 2.45) is 0 Å². The van der Waals surface area contributed by atoms with Crippen LogP contribution in [0.3, 0.4) is 0 Å². The molecule has 100 valence electrons. The summed E-state index contributed by atoms with van der Waals surface area (Å²) < 4.78 is 0. The van der Waals surface area contributed by atoms with Gasteiger partial charge in [-0.2, -0.15) is 0 Å². The second-order valence-electron chi connectivity index (χ2n) is 4.76. The fourth-order valence-electron chi connectivity index (χ4n) is 2.18. The van der Waals surface area contributed by atoms with Gasteiger partial charge >= 0.3 is 0 Å². The van der Waals surface area contributed by atoms with Gasteiger partial charge in [0.15, 0.2) is 0 Å². The molecular weight excluding hydrogens is 256 g/mol. The van der Waals surface area contributed by atoms with Crippen molar-refractivity contribution < 1.29 is 0 Å². The van der Waals surface area contributed by atoms with Crippen molar-refractivity contribution in [2.45, 2.75) is 6.04 Å². The molecule has 19 heavy (non-hydrogen) atoms. The Morgan fingerprint density at radius 2 is 1.68 bits per heavy atom. The minimum absolute atomic E-state index is 0.162. The molecule has 1 unspecified atom stereocenters. The largest absolute Gasteiger partial charge is 0.378 e. The second-order valence-corrected chi connectivity index (χ2v) is 5.20. The summed E-state index contributed by atoms with van der Waals surface area (Å²) >= 11 is 6.07. The van der Waals surface area contributed by atoms with Crippen molar-refractivity contribution in [2.75, 3.05) is 26.0 Å². The predicted molar refractivity (Wildman–Crippen MR) is 83.1 cm³/mol. The molecule has 0 aliphatic heterocycles. The molecule has 2 nitrogen and oxygen atoms in total. The topological polar surface area (TPSA) is 15.3 Å². The van der Waals surface area contributed by atoms with Crippen molar-refractivity contribution in [3.8, 4) is 0 Å². The van der Waals surface area contributed by atoms with Crippen LogP contribution >= 0.6 is 11.6 Å². The Hall–Kier alpha value is -1.51. The van der Waals surface area contributed by atoms with E-state index in [1.807, 2.05) is 39.3 Å². The van der Waals surface area contributed by atoms with Gasteiger partial charge in [0.05, 0.1) is 6.04 Å². The molecule has 3 heteroatoms. The average molecular weight is 275 g/mol. The Morgan fingerprint density at radius 1 is 1.00 bits per heavy atom. The highest BCUT2D eigenvalue weighted by atomic mass is 35.5. The van der Waals surface area contributed by atoms with E-state index in [0.29, 0.717) is 0 Å². The van der Waals surface area contributed by atoms with Gasteiger partial charge in [0.2, 0.25) is 0 Å². The molecule has 0 aliphatic carbocycles. The van der Waals surface area contributed by atoms with E-state index in [-0.39, 0.29) is 6.04 Å². The molecule has 0 fully saturated rings. The van der Waals surface area contributed by atoms with E-state index in [2.05, 4.69) is 40.5 Å². The van der Waals surface area contributed by atoms with Crippen molar-refractivity contribution in [1.29, 1.82) is 0 Å². The van der Waals surface area contributed by atoms with E-state index in [1.54, 1.807) is 0 Å². The lowest BCUT2D eigenvalue weighted by atomic mass is 9.98. The van der Waals surface area contributed by atoms with Crippen LogP contribution in [-0.4, -0.2) is 21.1 Å². The van der Waals surface area contributed by atoms with Gasteiger partial charge in [0, 0.05) is 24.8 Å². The molecule has 1 atom stereocenters. The molecule has 1 N–H and O–H groups in total. The van der Waals surface area contributed by atoms with Gasteiger partial charge in [-0.05, 0) is 42.4 Å². The summed E-state index contributed by atoms with van der Waals surface area (Å²) in [6.07, 6.45) is 0. The number of anilines is 1. The van der Waals surface area contributed by atoms with E-state index in [4.69, 9.17) is 11.6 Å². The molecule has 0 spiro atoms. The lowest BCUT2D eigenvalue weighted by Crippen LogP contribution is -2.17. The Balaban J connectivity index is 2.31. The van der Waals surface area contributed by atoms with Gasteiger partial charge in [0.25, 0.3) is 0 Å². The zero-order valence-electron chi connectivity index (χ0n) is 11.5. The van der Waals surface area contributed by atoms with Gasteiger partial charge in [0.1, 0.15) is 0 Å². The SMILES string of the molecule is CNC(c1ccc(N(C)C)cc1)c1cccc(Cl)c1. The zero-order valence-corrected chi connectivity index (χ0v) is 12.3. The van der Waals surface area contributed by atoms with Crippen LogP contribution in [0, 0.1) is 0 Å². The third-order valence-electron chi connectivity index (χ3n) is 3.21. The fourth-order valence-corrected chi connectivity index (χ4v) is 2.38. The summed E-state index contributed by atoms with van der Waals surface area (Å²) in [5.74, 6) is 0. The van der Waals surface area contributed by atoms with Crippen molar-refractivity contribution in [1.82, 2.24) is 5.32 Å². The molecule has 2 aromatic rings. The third-order valence-corrected chi connectivity index (χ3v) is 3.45. The first-order valence-corrected chi connectivity index (χ1v) is 6.69. The smallest absolute Gasteiger partial charge is 0.0574 e. The van der Waals surface area contributed by atoms with Crippen LogP contribution in [0.5, 0.6) is 0 Å². The molecule has 0 bridgehead atoms. The minimum atomic E-state index is 0.162. The number of hydrogen-bond donors (Lipinski definition) is 1. The molecule has 0 saturated carbocycles. The molecule has 2 aromatic carbocycles. The highest BCUT2D eigenvalue weighted by molar-refractivity contribution is 6.30. The number of rotatable bonds is 4. The second kappa shape index (κ2) is 6.09. The summed E-state index contributed by atoms with van der Waals surface area (Å²) in [5, 5.41) is 4.10. The first-order chi connectivity index (χ1) is 9.11. The molecule has 0 radical (unpaired) electrons. The van der Waals surface area contributed by atoms with E-state index in [1.165, 1.54) is 16.8 Å². The summed E-state index contributed by atoms with van der Waals surface area (Å²) in [6, 6.07) is 16.7. The first kappa shape index (κ1) is 13.9. The van der Waals surface area contributed by atoms with E-state index >= 15 is 0 Å². The monoisotopic (exact) mass is 274 g/mol. The Bertz CT molecular complexity index is 535. The molecule has 0 aliphatic rings. The first-order valence-electron chi connectivity index (χ1n) is 6.32. The third kappa shape index (κ3) is 3.28. The fraction of sp³-hybridized carbons (Fsp3) is 0.250. The van der Waals surface area contributed by atoms with Gasteiger partial charge < -0.3 is 10.2 Å². The molecule has 0 heterocycles. The molecule has 0 amide bonds. The van der Waals surface area contributed by atoms with Crippen LogP contribution < -0.4 is 10.2 Å². The zero-order chi connectivity index (χ0) is 13.8. The summed E-state index contributed by atoms with van der Waals surface area (Å²) in [5.41, 5.74) is 3.60. The lowest BCUT2D eigenvalue weighted by molar-refractivity contribution is 0.692. The Kier molecular flexibility index (Phi) is 4.46. The normalized spacial score (nSPS) is 12.2. The minimum Gasteiger partial charge on any atom is -0.378 e. The van der Waals surface area contributed by atoms with Gasteiger partial charge in [-0.15, -0.1) is 0 Å². The summed E-state index contributed by atoms with van der Waals surface area (Å²) in [7, 11) is 6.05. The highest BCUT2D eigenvalue weighted by Crippen LogP contribution is 2.25. The maximum atomic E-state index is 6.07. The predicted octanol–water partition coefficient (Wildman–Crippen LogP) is 3.71. The van der Waals surface area contributed by atoms with Crippen molar-refractivity contribution in [3.63, 3.8) is 0 Å². The number of benzene rings is 2. The molecule has 0 aromatic heterocycles. The lowest BCUT2D eigenvalue weighted by Gasteiger charge is -2.19. The molecule has 0 saturated heterocycles. The summed E-state index contributed by atoms with van der Waals surface area (Å²) in [6.45, 7) is 0. The van der Waals surface area contributed by atoms with E-state index < -0.39 is 0 Å². The average Bonchev–Trinajstić information content (AvgIpc) is 2.40. The van der Waals surface area contributed by atoms with Gasteiger partial charge in [-0.3, -0.25) is 0 Å². The van der Waals surface area contributed by atoms with Crippen molar-refractivity contribution in [3.05, 3.63) is 64.7 Å². The number of nitrogens with zero attached hydrogens (tertiary/aromatic N) is 1. The van der Waals surface area contributed by atoms with Crippen LogP contribution in [-0.2, 0) is 0 Å².